The van der Waals surface area contributed by atoms with Gasteiger partial charge in [0.25, 0.3) is 11.8 Å². The Labute approximate surface area is 174 Å². The molecule has 2 aromatic rings. The zero-order chi connectivity index (χ0) is 21.0. The van der Waals surface area contributed by atoms with E-state index in [1.165, 1.54) is 6.26 Å². The Bertz CT molecular complexity index is 857. The molecule has 7 nitrogen and oxygen atoms in total. The van der Waals surface area contributed by atoms with Crippen molar-refractivity contribution in [3.63, 3.8) is 0 Å². The summed E-state index contributed by atoms with van der Waals surface area (Å²) in [7, 11) is 0. The maximum atomic E-state index is 13.0. The molecule has 0 spiro atoms. The molecule has 154 valence electrons. The number of carbonyl (C=O) groups excluding carboxylic acids is 3. The van der Waals surface area contributed by atoms with Crippen LogP contribution in [0.2, 0.25) is 5.02 Å². The minimum Gasteiger partial charge on any atom is -0.459 e. The van der Waals surface area contributed by atoms with Crippen LogP contribution in [0.3, 0.4) is 0 Å². The SMILES string of the molecule is CC(C)C(NC(=O)c1ccc(Cl)cc1)C(=O)N1CCN(C(=O)c2ccco2)CC1. The van der Waals surface area contributed by atoms with Crippen LogP contribution in [0.1, 0.15) is 34.8 Å². The zero-order valence-electron chi connectivity index (χ0n) is 16.4. The molecule has 1 unspecified atom stereocenters. The number of nitrogens with zero attached hydrogens (tertiary/aromatic N) is 2. The molecule has 1 atom stereocenters. The Hall–Kier alpha value is -2.80. The van der Waals surface area contributed by atoms with Gasteiger partial charge in [-0.25, -0.2) is 0 Å². The van der Waals surface area contributed by atoms with Crippen molar-refractivity contribution < 1.29 is 18.8 Å². The van der Waals surface area contributed by atoms with Gasteiger partial charge in [0.2, 0.25) is 5.91 Å². The molecule has 1 saturated heterocycles. The maximum Gasteiger partial charge on any atom is 0.289 e. The minimum absolute atomic E-state index is 0.0819. The molecule has 1 fully saturated rings. The predicted octanol–water partition coefficient (Wildman–Crippen LogP) is 2.67. The molecule has 29 heavy (non-hydrogen) atoms. The summed E-state index contributed by atoms with van der Waals surface area (Å²) >= 11 is 5.86. The van der Waals surface area contributed by atoms with Crippen molar-refractivity contribution in [3.8, 4) is 0 Å². The third kappa shape index (κ3) is 4.98. The van der Waals surface area contributed by atoms with Crippen molar-refractivity contribution >= 4 is 29.3 Å². The summed E-state index contributed by atoms with van der Waals surface area (Å²) in [4.78, 5) is 41.3. The Morgan fingerprint density at radius 1 is 1.00 bits per heavy atom. The number of hydrogen-bond acceptors (Lipinski definition) is 4. The van der Waals surface area contributed by atoms with Crippen molar-refractivity contribution in [1.82, 2.24) is 15.1 Å². The van der Waals surface area contributed by atoms with E-state index in [0.717, 1.165) is 0 Å². The van der Waals surface area contributed by atoms with Crippen molar-refractivity contribution in [2.75, 3.05) is 26.2 Å². The van der Waals surface area contributed by atoms with Crippen LogP contribution in [-0.4, -0.2) is 59.7 Å². The highest BCUT2D eigenvalue weighted by atomic mass is 35.5. The average Bonchev–Trinajstić information content (AvgIpc) is 3.26. The first-order valence-electron chi connectivity index (χ1n) is 9.55. The van der Waals surface area contributed by atoms with Crippen molar-refractivity contribution in [1.29, 1.82) is 0 Å². The van der Waals surface area contributed by atoms with E-state index in [1.807, 2.05) is 13.8 Å². The van der Waals surface area contributed by atoms with Crippen LogP contribution in [0.15, 0.2) is 47.1 Å². The van der Waals surface area contributed by atoms with Crippen LogP contribution < -0.4 is 5.32 Å². The Balaban J connectivity index is 1.60. The second-order valence-corrected chi connectivity index (χ2v) is 7.73. The van der Waals surface area contributed by atoms with Crippen LogP contribution in [0.5, 0.6) is 0 Å². The number of carbonyl (C=O) groups is 3. The fourth-order valence-electron chi connectivity index (χ4n) is 3.22. The molecular formula is C21H24ClN3O4. The lowest BCUT2D eigenvalue weighted by molar-refractivity contribution is -0.135. The van der Waals surface area contributed by atoms with Crippen molar-refractivity contribution in [3.05, 3.63) is 59.0 Å². The van der Waals surface area contributed by atoms with Crippen LogP contribution in [0.25, 0.3) is 0 Å². The van der Waals surface area contributed by atoms with Gasteiger partial charge < -0.3 is 19.5 Å². The smallest absolute Gasteiger partial charge is 0.289 e. The summed E-state index contributed by atoms with van der Waals surface area (Å²) in [6, 6.07) is 9.17. The predicted molar refractivity (Wildman–Crippen MR) is 109 cm³/mol. The van der Waals surface area contributed by atoms with E-state index in [0.29, 0.717) is 42.5 Å². The highest BCUT2D eigenvalue weighted by molar-refractivity contribution is 6.30. The summed E-state index contributed by atoms with van der Waals surface area (Å²) in [6.07, 6.45) is 1.46. The molecule has 1 N–H and O–H groups in total. The van der Waals surface area contributed by atoms with E-state index in [2.05, 4.69) is 5.32 Å². The van der Waals surface area contributed by atoms with Gasteiger partial charge in [-0.1, -0.05) is 25.4 Å². The lowest BCUT2D eigenvalue weighted by Crippen LogP contribution is -2.57. The maximum absolute atomic E-state index is 13.0. The number of benzene rings is 1. The van der Waals surface area contributed by atoms with Crippen LogP contribution in [0, 0.1) is 5.92 Å². The Morgan fingerprint density at radius 2 is 1.62 bits per heavy atom. The van der Waals surface area contributed by atoms with Gasteiger partial charge in [-0.2, -0.15) is 0 Å². The molecule has 1 aromatic carbocycles. The van der Waals surface area contributed by atoms with Gasteiger partial charge in [0.15, 0.2) is 5.76 Å². The van der Waals surface area contributed by atoms with Crippen molar-refractivity contribution in [2.45, 2.75) is 19.9 Å². The number of rotatable bonds is 5. The molecular weight excluding hydrogens is 394 g/mol. The highest BCUT2D eigenvalue weighted by Crippen LogP contribution is 2.14. The van der Waals surface area contributed by atoms with E-state index in [9.17, 15) is 14.4 Å². The fraction of sp³-hybridized carbons (Fsp3) is 0.381. The van der Waals surface area contributed by atoms with E-state index in [1.54, 1.807) is 46.2 Å². The summed E-state index contributed by atoms with van der Waals surface area (Å²) < 4.78 is 5.16. The largest absolute Gasteiger partial charge is 0.459 e. The second-order valence-electron chi connectivity index (χ2n) is 7.30. The van der Waals surface area contributed by atoms with Gasteiger partial charge in [-0.3, -0.25) is 14.4 Å². The number of piperazine rings is 1. The quantitative estimate of drug-likeness (QED) is 0.810. The minimum atomic E-state index is -0.648. The summed E-state index contributed by atoms with van der Waals surface area (Å²) in [5.41, 5.74) is 0.446. The fourth-order valence-corrected chi connectivity index (χ4v) is 3.35. The Morgan fingerprint density at radius 3 is 2.17 bits per heavy atom. The van der Waals surface area contributed by atoms with E-state index in [-0.39, 0.29) is 23.6 Å². The standard InChI is InChI=1S/C21H24ClN3O4/c1-14(2)18(23-19(26)15-5-7-16(22)8-6-15)21(28)25-11-9-24(10-12-25)20(27)17-4-3-13-29-17/h3-8,13-14,18H,9-12H2,1-2H3,(H,23,26). The third-order valence-electron chi connectivity index (χ3n) is 4.94. The molecule has 1 aliphatic rings. The molecule has 0 bridgehead atoms. The third-order valence-corrected chi connectivity index (χ3v) is 5.19. The summed E-state index contributed by atoms with van der Waals surface area (Å²) in [5, 5.41) is 3.38. The van der Waals surface area contributed by atoms with Gasteiger partial charge in [0.05, 0.1) is 6.26 Å². The van der Waals surface area contributed by atoms with Crippen LogP contribution >= 0.6 is 11.6 Å². The second kappa shape index (κ2) is 9.13. The van der Waals surface area contributed by atoms with Gasteiger partial charge in [-0.05, 0) is 42.3 Å². The van der Waals surface area contributed by atoms with Crippen molar-refractivity contribution in [2.24, 2.45) is 5.92 Å². The van der Waals surface area contributed by atoms with E-state index in [4.69, 9.17) is 16.0 Å². The molecule has 8 heteroatoms. The lowest BCUT2D eigenvalue weighted by atomic mass is 10.0. The molecule has 1 aliphatic heterocycles. The number of nitrogens with one attached hydrogen (secondary N) is 1. The van der Waals surface area contributed by atoms with E-state index >= 15 is 0 Å². The molecule has 0 saturated carbocycles. The van der Waals surface area contributed by atoms with E-state index < -0.39 is 6.04 Å². The number of furan rings is 1. The summed E-state index contributed by atoms with van der Waals surface area (Å²) in [5.74, 6) is -0.437. The van der Waals surface area contributed by atoms with Gasteiger partial charge >= 0.3 is 0 Å². The monoisotopic (exact) mass is 417 g/mol. The molecule has 2 heterocycles. The number of hydrogen-bond donors (Lipinski definition) is 1. The number of amides is 3. The topological polar surface area (TPSA) is 82.9 Å². The van der Waals surface area contributed by atoms with Crippen LogP contribution in [0.4, 0.5) is 0 Å². The normalized spacial score (nSPS) is 15.3. The number of halogens is 1. The first kappa shape index (κ1) is 20.9. The first-order chi connectivity index (χ1) is 13.9. The molecule has 3 amide bonds. The summed E-state index contributed by atoms with van der Waals surface area (Å²) in [6.45, 7) is 5.43. The first-order valence-corrected chi connectivity index (χ1v) is 9.92. The Kier molecular flexibility index (Phi) is 6.59. The van der Waals surface area contributed by atoms with Gasteiger partial charge in [0, 0.05) is 36.8 Å². The highest BCUT2D eigenvalue weighted by Gasteiger charge is 2.32. The molecule has 1 aromatic heterocycles. The zero-order valence-corrected chi connectivity index (χ0v) is 17.2. The molecule has 0 aliphatic carbocycles. The molecule has 0 radical (unpaired) electrons. The van der Waals surface area contributed by atoms with Gasteiger partial charge in [-0.15, -0.1) is 0 Å². The van der Waals surface area contributed by atoms with Crippen LogP contribution in [-0.2, 0) is 4.79 Å². The van der Waals surface area contributed by atoms with Gasteiger partial charge in [0.1, 0.15) is 6.04 Å². The lowest BCUT2D eigenvalue weighted by Gasteiger charge is -2.37. The molecule has 3 rings (SSSR count). The average molecular weight is 418 g/mol.